The van der Waals surface area contributed by atoms with Crippen LogP contribution in [0.15, 0.2) is 29.6 Å². The van der Waals surface area contributed by atoms with E-state index in [0.717, 1.165) is 4.88 Å². The van der Waals surface area contributed by atoms with Crippen molar-refractivity contribution in [2.75, 3.05) is 0 Å². The van der Waals surface area contributed by atoms with Gasteiger partial charge in [-0.1, -0.05) is 29.3 Å². The molecule has 1 aromatic heterocycles. The third-order valence-electron chi connectivity index (χ3n) is 2.23. The minimum Gasteiger partial charge on any atom is -0.320 e. The molecule has 0 radical (unpaired) electrons. The highest BCUT2D eigenvalue weighted by molar-refractivity contribution is 7.10. The Hall–Kier alpha value is -0.610. The molecule has 0 spiro atoms. The monoisotopic (exact) mass is 275 g/mol. The molecule has 1 unspecified atom stereocenters. The molecular formula is C11H8Cl2FNS. The van der Waals surface area contributed by atoms with E-state index in [1.165, 1.54) is 23.5 Å². The summed E-state index contributed by atoms with van der Waals surface area (Å²) in [5, 5.41) is 2.55. The number of thiophene rings is 1. The Bertz CT molecular complexity index is 512. The maximum atomic E-state index is 13.3. The highest BCUT2D eigenvalue weighted by Crippen LogP contribution is 2.32. The van der Waals surface area contributed by atoms with Gasteiger partial charge in [0.15, 0.2) is 0 Å². The van der Waals surface area contributed by atoms with Gasteiger partial charge >= 0.3 is 0 Å². The summed E-state index contributed by atoms with van der Waals surface area (Å²) >= 11 is 13.0. The molecule has 0 aliphatic rings. The molecule has 1 heterocycles. The Morgan fingerprint density at radius 3 is 2.50 bits per heavy atom. The SMILES string of the molecule is NC(c1ccc(Cl)c(F)c1)c1sccc1Cl. The Balaban J connectivity index is 2.38. The second-order valence-electron chi connectivity index (χ2n) is 3.28. The largest absolute Gasteiger partial charge is 0.320 e. The van der Waals surface area contributed by atoms with Gasteiger partial charge in [-0.25, -0.2) is 4.39 Å². The van der Waals surface area contributed by atoms with Gasteiger partial charge in [-0.05, 0) is 29.1 Å². The average Bonchev–Trinajstić information content (AvgIpc) is 2.67. The fraction of sp³-hybridized carbons (Fsp3) is 0.0909. The summed E-state index contributed by atoms with van der Waals surface area (Å²) < 4.78 is 13.3. The molecule has 0 amide bonds. The normalized spacial score (nSPS) is 12.8. The van der Waals surface area contributed by atoms with Crippen LogP contribution in [0.25, 0.3) is 0 Å². The molecule has 5 heteroatoms. The summed E-state index contributed by atoms with van der Waals surface area (Å²) in [4.78, 5) is 0.823. The minimum atomic E-state index is -0.470. The zero-order valence-electron chi connectivity index (χ0n) is 8.08. The second-order valence-corrected chi connectivity index (χ2v) is 5.05. The lowest BCUT2D eigenvalue weighted by molar-refractivity contribution is 0.624. The molecule has 84 valence electrons. The van der Waals surface area contributed by atoms with Gasteiger partial charge < -0.3 is 5.73 Å². The average molecular weight is 276 g/mol. The van der Waals surface area contributed by atoms with Crippen LogP contribution < -0.4 is 5.73 Å². The summed E-state index contributed by atoms with van der Waals surface area (Å²) in [5.74, 6) is -0.470. The molecule has 1 atom stereocenters. The molecule has 0 aliphatic carbocycles. The predicted molar refractivity (Wildman–Crippen MR) is 66.8 cm³/mol. The van der Waals surface area contributed by atoms with Crippen LogP contribution in [0, 0.1) is 5.82 Å². The van der Waals surface area contributed by atoms with Crippen LogP contribution >= 0.6 is 34.5 Å². The first-order valence-electron chi connectivity index (χ1n) is 4.53. The number of hydrogen-bond acceptors (Lipinski definition) is 2. The Labute approximate surface area is 107 Å². The van der Waals surface area contributed by atoms with Crippen molar-refractivity contribution < 1.29 is 4.39 Å². The third-order valence-corrected chi connectivity index (χ3v) is 3.98. The lowest BCUT2D eigenvalue weighted by Gasteiger charge is -2.11. The van der Waals surface area contributed by atoms with Crippen molar-refractivity contribution in [2.24, 2.45) is 5.73 Å². The van der Waals surface area contributed by atoms with Gasteiger partial charge in [0, 0.05) is 4.88 Å². The van der Waals surface area contributed by atoms with Crippen LogP contribution in [0.5, 0.6) is 0 Å². The van der Waals surface area contributed by atoms with E-state index in [-0.39, 0.29) is 5.02 Å². The van der Waals surface area contributed by atoms with Gasteiger partial charge in [0.2, 0.25) is 0 Å². The lowest BCUT2D eigenvalue weighted by atomic mass is 10.1. The summed E-state index contributed by atoms with van der Waals surface area (Å²) in [5.41, 5.74) is 6.66. The van der Waals surface area contributed by atoms with Crippen molar-refractivity contribution >= 4 is 34.5 Å². The predicted octanol–water partition coefficient (Wildman–Crippen LogP) is 4.24. The van der Waals surface area contributed by atoms with E-state index in [4.69, 9.17) is 28.9 Å². The van der Waals surface area contributed by atoms with E-state index in [2.05, 4.69) is 0 Å². The van der Waals surface area contributed by atoms with Gasteiger partial charge in [-0.15, -0.1) is 11.3 Å². The van der Waals surface area contributed by atoms with Crippen LogP contribution in [-0.2, 0) is 0 Å². The fourth-order valence-corrected chi connectivity index (χ4v) is 2.71. The van der Waals surface area contributed by atoms with Crippen molar-refractivity contribution in [3.63, 3.8) is 0 Å². The smallest absolute Gasteiger partial charge is 0.142 e. The van der Waals surface area contributed by atoms with Crippen molar-refractivity contribution in [3.05, 3.63) is 55.9 Å². The Morgan fingerprint density at radius 2 is 1.94 bits per heavy atom. The number of rotatable bonds is 2. The zero-order chi connectivity index (χ0) is 11.7. The fourth-order valence-electron chi connectivity index (χ4n) is 1.38. The number of hydrogen-bond donors (Lipinski definition) is 1. The lowest BCUT2D eigenvalue weighted by Crippen LogP contribution is -2.10. The summed E-state index contributed by atoms with van der Waals surface area (Å²) in [6.07, 6.45) is 0. The molecule has 1 nitrogen and oxygen atoms in total. The number of benzene rings is 1. The minimum absolute atomic E-state index is 0.0910. The molecule has 0 aliphatic heterocycles. The maximum Gasteiger partial charge on any atom is 0.142 e. The van der Waals surface area contributed by atoms with E-state index in [0.29, 0.717) is 10.6 Å². The molecule has 16 heavy (non-hydrogen) atoms. The molecule has 0 fully saturated rings. The van der Waals surface area contributed by atoms with Crippen molar-refractivity contribution in [2.45, 2.75) is 6.04 Å². The summed E-state index contributed by atoms with van der Waals surface area (Å²) in [7, 11) is 0. The van der Waals surface area contributed by atoms with Gasteiger partial charge in [0.1, 0.15) is 5.82 Å². The van der Waals surface area contributed by atoms with Crippen LogP contribution in [0.2, 0.25) is 10.0 Å². The van der Waals surface area contributed by atoms with E-state index in [1.54, 1.807) is 12.1 Å². The van der Waals surface area contributed by atoms with E-state index in [9.17, 15) is 4.39 Å². The highest BCUT2D eigenvalue weighted by atomic mass is 35.5. The van der Waals surface area contributed by atoms with Gasteiger partial charge in [0.05, 0.1) is 16.1 Å². The van der Waals surface area contributed by atoms with Crippen molar-refractivity contribution in [3.8, 4) is 0 Å². The number of nitrogens with two attached hydrogens (primary N) is 1. The molecule has 2 rings (SSSR count). The third kappa shape index (κ3) is 2.23. The molecule has 0 bridgehead atoms. The topological polar surface area (TPSA) is 26.0 Å². The van der Waals surface area contributed by atoms with Crippen LogP contribution in [-0.4, -0.2) is 0 Å². The van der Waals surface area contributed by atoms with E-state index < -0.39 is 11.9 Å². The quantitative estimate of drug-likeness (QED) is 0.872. The summed E-state index contributed by atoms with van der Waals surface area (Å²) in [6.45, 7) is 0. The van der Waals surface area contributed by atoms with Gasteiger partial charge in [-0.2, -0.15) is 0 Å². The Kier molecular flexibility index (Phi) is 3.50. The molecule has 2 N–H and O–H groups in total. The standard InChI is InChI=1S/C11H8Cl2FNS/c12-7-2-1-6(5-9(7)14)10(15)11-8(13)3-4-16-11/h1-5,10H,15H2. The first kappa shape index (κ1) is 11.9. The molecule has 0 saturated carbocycles. The molecular weight excluding hydrogens is 268 g/mol. The first-order chi connectivity index (χ1) is 7.59. The highest BCUT2D eigenvalue weighted by Gasteiger charge is 2.15. The molecule has 2 aromatic rings. The number of halogens is 3. The van der Waals surface area contributed by atoms with Crippen LogP contribution in [0.4, 0.5) is 4.39 Å². The summed E-state index contributed by atoms with van der Waals surface area (Å²) in [6, 6.07) is 5.88. The Morgan fingerprint density at radius 1 is 1.19 bits per heavy atom. The van der Waals surface area contributed by atoms with Gasteiger partial charge in [-0.3, -0.25) is 0 Å². The van der Waals surface area contributed by atoms with Crippen LogP contribution in [0.3, 0.4) is 0 Å². The van der Waals surface area contributed by atoms with Crippen molar-refractivity contribution in [1.29, 1.82) is 0 Å². The van der Waals surface area contributed by atoms with E-state index >= 15 is 0 Å². The maximum absolute atomic E-state index is 13.3. The zero-order valence-corrected chi connectivity index (χ0v) is 10.4. The van der Waals surface area contributed by atoms with Gasteiger partial charge in [0.25, 0.3) is 0 Å². The molecule has 0 saturated heterocycles. The second kappa shape index (κ2) is 4.72. The first-order valence-corrected chi connectivity index (χ1v) is 6.16. The van der Waals surface area contributed by atoms with E-state index in [1.807, 2.05) is 5.38 Å². The van der Waals surface area contributed by atoms with Crippen LogP contribution in [0.1, 0.15) is 16.5 Å². The van der Waals surface area contributed by atoms with Crippen molar-refractivity contribution in [1.82, 2.24) is 0 Å². The molecule has 1 aromatic carbocycles.